The Morgan fingerprint density at radius 2 is 1.67 bits per heavy atom. The van der Waals surface area contributed by atoms with E-state index in [1.807, 2.05) is 6.07 Å². The SMILES string of the molecule is O=C(Nc1ccnc(N2CCN(C3CCCC3)CC2)c1)N1CCC(C(F)(F)F)CC1. The Bertz CT molecular complexity index is 722. The second kappa shape index (κ2) is 8.99. The van der Waals surface area contributed by atoms with Crippen LogP contribution in [0.3, 0.4) is 0 Å². The molecule has 166 valence electrons. The number of carbonyl (C=O) groups excluding carboxylic acids is 1. The molecule has 0 radical (unpaired) electrons. The van der Waals surface area contributed by atoms with Gasteiger partial charge >= 0.3 is 12.2 Å². The van der Waals surface area contributed by atoms with Crippen LogP contribution in [0.15, 0.2) is 18.3 Å². The van der Waals surface area contributed by atoms with Gasteiger partial charge in [-0.3, -0.25) is 4.90 Å². The summed E-state index contributed by atoms with van der Waals surface area (Å²) in [5.41, 5.74) is 0.626. The van der Waals surface area contributed by atoms with Gasteiger partial charge in [-0.25, -0.2) is 9.78 Å². The summed E-state index contributed by atoms with van der Waals surface area (Å²) in [6.45, 7) is 4.11. The molecule has 1 aromatic heterocycles. The molecule has 2 saturated heterocycles. The molecule has 1 aromatic rings. The van der Waals surface area contributed by atoms with Crippen LogP contribution in [0.2, 0.25) is 0 Å². The lowest BCUT2D eigenvalue weighted by Crippen LogP contribution is -2.50. The zero-order chi connectivity index (χ0) is 21.1. The molecule has 3 heterocycles. The topological polar surface area (TPSA) is 51.7 Å². The normalized spacial score (nSPS) is 22.5. The van der Waals surface area contributed by atoms with E-state index in [0.717, 1.165) is 38.0 Å². The van der Waals surface area contributed by atoms with Gasteiger partial charge in [0, 0.05) is 63.3 Å². The van der Waals surface area contributed by atoms with Crippen molar-refractivity contribution >= 4 is 17.5 Å². The van der Waals surface area contributed by atoms with Crippen LogP contribution in [0.5, 0.6) is 0 Å². The van der Waals surface area contributed by atoms with Gasteiger partial charge < -0.3 is 15.1 Å². The summed E-state index contributed by atoms with van der Waals surface area (Å²) in [5.74, 6) is -0.480. The third-order valence-corrected chi connectivity index (χ3v) is 6.72. The summed E-state index contributed by atoms with van der Waals surface area (Å²) in [4.78, 5) is 23.2. The van der Waals surface area contributed by atoms with Crippen molar-refractivity contribution in [3.63, 3.8) is 0 Å². The van der Waals surface area contributed by atoms with Gasteiger partial charge in [-0.2, -0.15) is 13.2 Å². The number of anilines is 2. The molecule has 3 fully saturated rings. The Morgan fingerprint density at radius 3 is 2.30 bits per heavy atom. The second-order valence-corrected chi connectivity index (χ2v) is 8.60. The number of alkyl halides is 3. The van der Waals surface area contributed by atoms with E-state index < -0.39 is 12.1 Å². The van der Waals surface area contributed by atoms with E-state index in [4.69, 9.17) is 0 Å². The first-order valence-electron chi connectivity index (χ1n) is 11.0. The zero-order valence-electron chi connectivity index (χ0n) is 17.2. The van der Waals surface area contributed by atoms with Crippen molar-refractivity contribution in [1.82, 2.24) is 14.8 Å². The van der Waals surface area contributed by atoms with E-state index in [1.54, 1.807) is 12.3 Å². The van der Waals surface area contributed by atoms with Crippen molar-refractivity contribution in [2.24, 2.45) is 5.92 Å². The number of amides is 2. The number of hydrogen-bond acceptors (Lipinski definition) is 4. The van der Waals surface area contributed by atoms with Crippen molar-refractivity contribution in [3.8, 4) is 0 Å². The van der Waals surface area contributed by atoms with Gasteiger partial charge in [-0.15, -0.1) is 0 Å². The Balaban J connectivity index is 1.29. The molecule has 9 heteroatoms. The quantitative estimate of drug-likeness (QED) is 0.797. The number of piperazine rings is 1. The minimum atomic E-state index is -4.18. The molecule has 30 heavy (non-hydrogen) atoms. The molecule has 1 N–H and O–H groups in total. The van der Waals surface area contributed by atoms with Gasteiger partial charge in [-0.1, -0.05) is 12.8 Å². The molecule has 0 aromatic carbocycles. The Kier molecular flexibility index (Phi) is 6.36. The maximum absolute atomic E-state index is 12.8. The van der Waals surface area contributed by atoms with E-state index in [9.17, 15) is 18.0 Å². The van der Waals surface area contributed by atoms with Gasteiger partial charge in [0.25, 0.3) is 0 Å². The van der Waals surface area contributed by atoms with Crippen molar-refractivity contribution in [3.05, 3.63) is 18.3 Å². The smallest absolute Gasteiger partial charge is 0.354 e. The van der Waals surface area contributed by atoms with Crippen LogP contribution in [0.25, 0.3) is 0 Å². The van der Waals surface area contributed by atoms with E-state index in [-0.39, 0.29) is 32.0 Å². The molecule has 4 rings (SSSR count). The summed E-state index contributed by atoms with van der Waals surface area (Å²) in [5, 5.41) is 2.83. The highest BCUT2D eigenvalue weighted by Crippen LogP contribution is 2.34. The average Bonchev–Trinajstić information content (AvgIpc) is 3.28. The van der Waals surface area contributed by atoms with Crippen molar-refractivity contribution in [2.75, 3.05) is 49.5 Å². The highest BCUT2D eigenvalue weighted by molar-refractivity contribution is 5.89. The summed E-state index contributed by atoms with van der Waals surface area (Å²) >= 11 is 0. The van der Waals surface area contributed by atoms with E-state index in [0.29, 0.717) is 5.69 Å². The average molecular weight is 425 g/mol. The first kappa shape index (κ1) is 21.2. The first-order chi connectivity index (χ1) is 14.4. The monoisotopic (exact) mass is 425 g/mol. The molecule has 6 nitrogen and oxygen atoms in total. The van der Waals surface area contributed by atoms with Crippen molar-refractivity contribution in [2.45, 2.75) is 50.7 Å². The highest BCUT2D eigenvalue weighted by atomic mass is 19.4. The maximum atomic E-state index is 12.8. The number of nitrogens with zero attached hydrogens (tertiary/aromatic N) is 4. The van der Waals surface area contributed by atoms with E-state index in [1.165, 1.54) is 30.6 Å². The summed E-state index contributed by atoms with van der Waals surface area (Å²) in [7, 11) is 0. The molecule has 2 amide bonds. The minimum absolute atomic E-state index is 0.0379. The molecule has 0 spiro atoms. The fraction of sp³-hybridized carbons (Fsp3) is 0.714. The first-order valence-corrected chi connectivity index (χ1v) is 11.0. The number of carbonyl (C=O) groups is 1. The lowest BCUT2D eigenvalue weighted by molar-refractivity contribution is -0.183. The number of likely N-dealkylation sites (tertiary alicyclic amines) is 1. The zero-order valence-corrected chi connectivity index (χ0v) is 17.2. The van der Waals surface area contributed by atoms with E-state index >= 15 is 0 Å². The molecule has 0 unspecified atom stereocenters. The van der Waals surface area contributed by atoms with Crippen LogP contribution in [-0.4, -0.2) is 72.3 Å². The predicted molar refractivity (Wildman–Crippen MR) is 110 cm³/mol. The van der Waals surface area contributed by atoms with Crippen LogP contribution >= 0.6 is 0 Å². The molecule has 2 aliphatic heterocycles. The molecule has 0 bridgehead atoms. The third kappa shape index (κ3) is 4.99. The lowest BCUT2D eigenvalue weighted by Gasteiger charge is -2.38. The number of piperidine rings is 1. The molecular weight excluding hydrogens is 395 g/mol. The van der Waals surface area contributed by atoms with Crippen LogP contribution in [0.1, 0.15) is 38.5 Å². The largest absolute Gasteiger partial charge is 0.391 e. The Morgan fingerprint density at radius 1 is 1.00 bits per heavy atom. The van der Waals surface area contributed by atoms with Gasteiger partial charge in [0.1, 0.15) is 5.82 Å². The second-order valence-electron chi connectivity index (χ2n) is 8.60. The van der Waals surface area contributed by atoms with Crippen LogP contribution in [-0.2, 0) is 0 Å². The van der Waals surface area contributed by atoms with Crippen molar-refractivity contribution < 1.29 is 18.0 Å². The minimum Gasteiger partial charge on any atom is -0.354 e. The summed E-state index contributed by atoms with van der Waals surface area (Å²) in [6.07, 6.45) is 2.70. The fourth-order valence-corrected chi connectivity index (χ4v) is 4.87. The standard InChI is InChI=1S/C21H30F3N5O/c22-21(23,24)16-6-9-29(10-7-16)20(30)26-17-5-8-25-19(15-17)28-13-11-27(12-14-28)18-3-1-2-4-18/h5,8,15-16,18H,1-4,6-7,9-14H2,(H,25,26,30). The van der Waals surface area contributed by atoms with Gasteiger partial charge in [0.2, 0.25) is 0 Å². The number of nitrogens with one attached hydrogen (secondary N) is 1. The van der Waals surface area contributed by atoms with Gasteiger partial charge in [0.15, 0.2) is 0 Å². The number of rotatable bonds is 3. The van der Waals surface area contributed by atoms with Crippen LogP contribution < -0.4 is 10.2 Å². The van der Waals surface area contributed by atoms with Crippen molar-refractivity contribution in [1.29, 1.82) is 0 Å². The fourth-order valence-electron chi connectivity index (χ4n) is 4.87. The molecule has 0 atom stereocenters. The van der Waals surface area contributed by atoms with Gasteiger partial charge in [0.05, 0.1) is 5.92 Å². The number of hydrogen-bond donors (Lipinski definition) is 1. The third-order valence-electron chi connectivity index (χ3n) is 6.72. The lowest BCUT2D eigenvalue weighted by atomic mass is 9.96. The number of pyridine rings is 1. The predicted octanol–water partition coefficient (Wildman–Crippen LogP) is 3.95. The summed E-state index contributed by atoms with van der Waals surface area (Å²) in [6, 6.07) is 3.95. The number of aromatic nitrogens is 1. The van der Waals surface area contributed by atoms with Gasteiger partial charge in [-0.05, 0) is 31.7 Å². The number of halogens is 3. The molecule has 3 aliphatic rings. The highest BCUT2D eigenvalue weighted by Gasteiger charge is 2.41. The van der Waals surface area contributed by atoms with E-state index in [2.05, 4.69) is 20.1 Å². The summed E-state index contributed by atoms with van der Waals surface area (Å²) < 4.78 is 38.4. The van der Waals surface area contributed by atoms with Crippen LogP contribution in [0.4, 0.5) is 29.5 Å². The van der Waals surface area contributed by atoms with Crippen LogP contribution in [0, 0.1) is 5.92 Å². The molecular formula is C21H30F3N5O. The molecule has 1 saturated carbocycles. The Labute approximate surface area is 175 Å². The Hall–Kier alpha value is -2.03. The maximum Gasteiger partial charge on any atom is 0.391 e. The molecule has 1 aliphatic carbocycles. The number of urea groups is 1.